The number of methoxy groups -OCH3 is 2. The molecule has 0 heterocycles. The molecule has 0 aliphatic rings. The van der Waals surface area contributed by atoms with Gasteiger partial charge in [-0.15, -0.1) is 0 Å². The predicted octanol–water partition coefficient (Wildman–Crippen LogP) is 3.66. The first-order valence-corrected chi connectivity index (χ1v) is 10.8. The molecule has 32 heavy (non-hydrogen) atoms. The maximum Gasteiger partial charge on any atom is 0.265 e. The highest BCUT2D eigenvalue weighted by Gasteiger charge is 2.21. The van der Waals surface area contributed by atoms with Crippen LogP contribution in [0.15, 0.2) is 71.6 Å². The highest BCUT2D eigenvalue weighted by Crippen LogP contribution is 2.29. The molecule has 0 aliphatic heterocycles. The predicted molar refractivity (Wildman–Crippen MR) is 117 cm³/mol. The van der Waals surface area contributed by atoms with Crippen molar-refractivity contribution in [2.45, 2.75) is 4.90 Å². The summed E-state index contributed by atoms with van der Waals surface area (Å²) in [4.78, 5) is 12.0. The zero-order valence-electron chi connectivity index (χ0n) is 17.3. The van der Waals surface area contributed by atoms with Crippen molar-refractivity contribution in [1.29, 1.82) is 0 Å². The highest BCUT2D eigenvalue weighted by molar-refractivity contribution is 7.92. The Balaban J connectivity index is 1.74. The lowest BCUT2D eigenvalue weighted by atomic mass is 10.3. The smallest absolute Gasteiger partial charge is 0.265 e. The number of halogens is 1. The Bertz CT molecular complexity index is 1200. The van der Waals surface area contributed by atoms with Crippen molar-refractivity contribution in [3.63, 3.8) is 0 Å². The fourth-order valence-electron chi connectivity index (χ4n) is 2.74. The number of carbonyl (C=O) groups is 1. The zero-order chi connectivity index (χ0) is 23.1. The average Bonchev–Trinajstić information content (AvgIpc) is 2.78. The largest absolute Gasteiger partial charge is 0.497 e. The fourth-order valence-corrected chi connectivity index (χ4v) is 3.99. The fraction of sp³-hybridized carbons (Fsp3) is 0.136. The molecule has 0 aromatic heterocycles. The first-order valence-electron chi connectivity index (χ1n) is 9.34. The van der Waals surface area contributed by atoms with Crippen molar-refractivity contribution in [2.24, 2.45) is 0 Å². The molecule has 0 saturated carbocycles. The number of hydrogen-bond donors (Lipinski definition) is 2. The first-order chi connectivity index (χ1) is 15.3. The summed E-state index contributed by atoms with van der Waals surface area (Å²) in [5.41, 5.74) is 0.541. The molecule has 10 heteroatoms. The normalized spacial score (nSPS) is 10.8. The lowest BCUT2D eigenvalue weighted by Gasteiger charge is -2.14. The van der Waals surface area contributed by atoms with Crippen LogP contribution in [0.5, 0.6) is 17.2 Å². The van der Waals surface area contributed by atoms with Crippen LogP contribution in [0.2, 0.25) is 0 Å². The van der Waals surface area contributed by atoms with E-state index in [4.69, 9.17) is 14.2 Å². The number of rotatable bonds is 9. The number of hydrogen-bond acceptors (Lipinski definition) is 6. The van der Waals surface area contributed by atoms with Gasteiger partial charge in [0.2, 0.25) is 0 Å². The molecule has 3 aromatic rings. The summed E-state index contributed by atoms with van der Waals surface area (Å²) in [6.45, 7) is -0.387. The van der Waals surface area contributed by atoms with Crippen LogP contribution >= 0.6 is 0 Å². The summed E-state index contributed by atoms with van der Waals surface area (Å²) in [5.74, 6) is -0.166. The summed E-state index contributed by atoms with van der Waals surface area (Å²) in [6.07, 6.45) is 0. The van der Waals surface area contributed by atoms with Gasteiger partial charge in [-0.3, -0.25) is 9.52 Å². The van der Waals surface area contributed by atoms with E-state index in [-0.39, 0.29) is 28.7 Å². The zero-order valence-corrected chi connectivity index (χ0v) is 18.1. The number of sulfonamides is 1. The van der Waals surface area contributed by atoms with Gasteiger partial charge in [-0.25, -0.2) is 12.8 Å². The maximum absolute atomic E-state index is 13.2. The van der Waals surface area contributed by atoms with Crippen LogP contribution in [-0.2, 0) is 14.8 Å². The van der Waals surface area contributed by atoms with Crippen molar-refractivity contribution < 1.29 is 31.8 Å². The molecule has 8 nitrogen and oxygen atoms in total. The lowest BCUT2D eigenvalue weighted by Crippen LogP contribution is -2.21. The van der Waals surface area contributed by atoms with Crippen molar-refractivity contribution >= 4 is 27.3 Å². The standard InChI is InChI=1S/C22H21FN2O6S/c1-29-18-9-6-16(7-10-18)25-32(27,28)21-13-17(8-11-20(21)30-2)24-22(26)14-31-19-5-3-4-15(23)12-19/h3-13,25H,14H2,1-2H3,(H,24,26). The van der Waals surface area contributed by atoms with Crippen LogP contribution in [0.3, 0.4) is 0 Å². The summed E-state index contributed by atoms with van der Waals surface area (Å²) in [6, 6.07) is 15.9. The van der Waals surface area contributed by atoms with Gasteiger partial charge < -0.3 is 19.5 Å². The molecular weight excluding hydrogens is 439 g/mol. The topological polar surface area (TPSA) is 103 Å². The number of carbonyl (C=O) groups excluding carboxylic acids is 1. The molecule has 0 radical (unpaired) electrons. The summed E-state index contributed by atoms with van der Waals surface area (Å²) in [5, 5.41) is 2.55. The Kier molecular flexibility index (Phi) is 7.16. The van der Waals surface area contributed by atoms with Crippen LogP contribution in [0.25, 0.3) is 0 Å². The maximum atomic E-state index is 13.2. The van der Waals surface area contributed by atoms with Gasteiger partial charge in [-0.2, -0.15) is 0 Å². The molecule has 0 fully saturated rings. The average molecular weight is 460 g/mol. The molecule has 0 spiro atoms. The van der Waals surface area contributed by atoms with E-state index < -0.39 is 21.7 Å². The Hall–Kier alpha value is -3.79. The third kappa shape index (κ3) is 5.88. The van der Waals surface area contributed by atoms with E-state index in [0.29, 0.717) is 11.4 Å². The number of ether oxygens (including phenoxy) is 3. The minimum atomic E-state index is -4.03. The van der Waals surface area contributed by atoms with E-state index >= 15 is 0 Å². The van der Waals surface area contributed by atoms with Crippen LogP contribution in [0.1, 0.15) is 0 Å². The first kappa shape index (κ1) is 22.9. The lowest BCUT2D eigenvalue weighted by molar-refractivity contribution is -0.118. The molecule has 0 atom stereocenters. The third-order valence-corrected chi connectivity index (χ3v) is 5.65. The number of nitrogens with one attached hydrogen (secondary N) is 2. The Morgan fingerprint density at radius 3 is 2.28 bits per heavy atom. The van der Waals surface area contributed by atoms with Crippen LogP contribution in [0.4, 0.5) is 15.8 Å². The van der Waals surface area contributed by atoms with Gasteiger partial charge >= 0.3 is 0 Å². The SMILES string of the molecule is COc1ccc(NS(=O)(=O)c2cc(NC(=O)COc3cccc(F)c3)ccc2OC)cc1. The Morgan fingerprint density at radius 2 is 1.62 bits per heavy atom. The van der Waals surface area contributed by atoms with Gasteiger partial charge in [-0.1, -0.05) is 6.07 Å². The molecule has 168 valence electrons. The number of amides is 1. The summed E-state index contributed by atoms with van der Waals surface area (Å²) < 4.78 is 57.0. The molecule has 3 rings (SSSR count). The van der Waals surface area contributed by atoms with E-state index in [1.807, 2.05) is 0 Å². The molecule has 2 N–H and O–H groups in total. The van der Waals surface area contributed by atoms with E-state index in [0.717, 1.165) is 6.07 Å². The second-order valence-corrected chi connectivity index (χ2v) is 8.14. The Labute approximate surface area is 185 Å². The molecule has 1 amide bonds. The molecule has 0 aliphatic carbocycles. The van der Waals surface area contributed by atoms with E-state index in [1.54, 1.807) is 24.3 Å². The molecule has 0 unspecified atom stereocenters. The van der Waals surface area contributed by atoms with Gasteiger partial charge in [0.1, 0.15) is 28.0 Å². The summed E-state index contributed by atoms with van der Waals surface area (Å²) >= 11 is 0. The minimum Gasteiger partial charge on any atom is -0.497 e. The van der Waals surface area contributed by atoms with Gasteiger partial charge in [0.05, 0.1) is 14.2 Å². The second-order valence-electron chi connectivity index (χ2n) is 6.49. The van der Waals surface area contributed by atoms with Gasteiger partial charge in [-0.05, 0) is 54.6 Å². The third-order valence-electron chi connectivity index (χ3n) is 4.25. The Morgan fingerprint density at radius 1 is 0.906 bits per heavy atom. The molecule has 3 aromatic carbocycles. The van der Waals surface area contributed by atoms with Gasteiger partial charge in [0, 0.05) is 17.4 Å². The molecule has 0 saturated heterocycles. The van der Waals surface area contributed by atoms with Crippen molar-refractivity contribution in [2.75, 3.05) is 30.9 Å². The summed E-state index contributed by atoms with van der Waals surface area (Å²) in [7, 11) is -1.19. The van der Waals surface area contributed by atoms with E-state index in [9.17, 15) is 17.6 Å². The van der Waals surface area contributed by atoms with Crippen molar-refractivity contribution in [3.8, 4) is 17.2 Å². The number of benzene rings is 3. The number of anilines is 2. The monoisotopic (exact) mass is 460 g/mol. The van der Waals surface area contributed by atoms with E-state index in [2.05, 4.69) is 10.0 Å². The quantitative estimate of drug-likeness (QED) is 0.505. The van der Waals surface area contributed by atoms with Gasteiger partial charge in [0.15, 0.2) is 6.61 Å². The molecule has 0 bridgehead atoms. The van der Waals surface area contributed by atoms with Crippen LogP contribution < -0.4 is 24.2 Å². The van der Waals surface area contributed by atoms with E-state index in [1.165, 1.54) is 50.6 Å². The van der Waals surface area contributed by atoms with Crippen molar-refractivity contribution in [3.05, 3.63) is 72.5 Å². The van der Waals surface area contributed by atoms with Crippen LogP contribution in [0, 0.1) is 5.82 Å². The van der Waals surface area contributed by atoms with Gasteiger partial charge in [0.25, 0.3) is 15.9 Å². The second kappa shape index (κ2) is 10.0. The van der Waals surface area contributed by atoms with Crippen LogP contribution in [-0.4, -0.2) is 35.2 Å². The minimum absolute atomic E-state index is 0.0972. The highest BCUT2D eigenvalue weighted by atomic mass is 32.2. The molecular formula is C22H21FN2O6S. The van der Waals surface area contributed by atoms with Crippen molar-refractivity contribution in [1.82, 2.24) is 0 Å².